The Morgan fingerprint density at radius 1 is 1.15 bits per heavy atom. The number of carbonyl (C=O) groups excluding carboxylic acids is 3. The van der Waals surface area contributed by atoms with Gasteiger partial charge in [0.1, 0.15) is 18.8 Å². The quantitative estimate of drug-likeness (QED) is 0.621. The van der Waals surface area contributed by atoms with Gasteiger partial charge in [-0.2, -0.15) is 0 Å². The number of rotatable bonds is 5. The van der Waals surface area contributed by atoms with Crippen LogP contribution in [0.15, 0.2) is 30.3 Å². The van der Waals surface area contributed by atoms with Gasteiger partial charge in [0.25, 0.3) is 0 Å². The largest absolute Gasteiger partial charge is 0.494 e. The molecule has 0 atom stereocenters. The molecule has 1 aliphatic rings. The first-order valence-corrected chi connectivity index (χ1v) is 6.43. The van der Waals surface area contributed by atoms with Crippen molar-refractivity contribution < 1.29 is 19.1 Å². The molecule has 6 nitrogen and oxygen atoms in total. The van der Waals surface area contributed by atoms with Crippen molar-refractivity contribution >= 4 is 17.7 Å². The van der Waals surface area contributed by atoms with Crippen LogP contribution in [-0.4, -0.2) is 42.3 Å². The molecule has 1 aromatic carbocycles. The molecular weight excluding hydrogens is 260 g/mol. The normalized spacial score (nSPS) is 14.9. The van der Waals surface area contributed by atoms with Gasteiger partial charge in [-0.1, -0.05) is 18.2 Å². The van der Waals surface area contributed by atoms with E-state index in [1.165, 1.54) is 4.90 Å². The zero-order valence-electron chi connectivity index (χ0n) is 11.0. The van der Waals surface area contributed by atoms with Crippen molar-refractivity contribution in [1.29, 1.82) is 0 Å². The number of nitrogens with zero attached hydrogens (tertiary/aromatic N) is 1. The van der Waals surface area contributed by atoms with Crippen LogP contribution in [0.5, 0.6) is 5.75 Å². The summed E-state index contributed by atoms with van der Waals surface area (Å²) in [5, 5.41) is 2.16. The summed E-state index contributed by atoms with van der Waals surface area (Å²) in [5.74, 6) is -0.317. The first-order valence-electron chi connectivity index (χ1n) is 6.43. The Labute approximate surface area is 116 Å². The standard InChI is InChI=1S/C14H16N2O4/c17-12-9-16(10-13(18)15-12)14(19)7-4-8-20-11-5-2-1-3-6-11/h1-3,5-6H,4,7-10H2,(H,15,17,18). The lowest BCUT2D eigenvalue weighted by Gasteiger charge is -2.25. The maximum Gasteiger partial charge on any atom is 0.246 e. The van der Waals surface area contributed by atoms with Gasteiger partial charge in [0.05, 0.1) is 6.61 Å². The SMILES string of the molecule is O=C1CN(C(=O)CCCOc2ccccc2)CC(=O)N1. The molecule has 3 amide bonds. The van der Waals surface area contributed by atoms with Crippen molar-refractivity contribution in [1.82, 2.24) is 10.2 Å². The second-order valence-corrected chi connectivity index (χ2v) is 4.49. The lowest BCUT2D eigenvalue weighted by molar-refractivity contribution is -0.145. The zero-order valence-corrected chi connectivity index (χ0v) is 11.0. The van der Waals surface area contributed by atoms with Crippen LogP contribution in [0.2, 0.25) is 0 Å². The minimum absolute atomic E-state index is 0.0515. The highest BCUT2D eigenvalue weighted by molar-refractivity contribution is 6.02. The highest BCUT2D eigenvalue weighted by Crippen LogP contribution is 2.09. The third-order valence-corrected chi connectivity index (χ3v) is 2.85. The average Bonchev–Trinajstić information content (AvgIpc) is 2.43. The second kappa shape index (κ2) is 6.70. The number of nitrogens with one attached hydrogen (secondary N) is 1. The van der Waals surface area contributed by atoms with E-state index in [1.807, 2.05) is 30.3 Å². The van der Waals surface area contributed by atoms with Gasteiger partial charge in [-0.15, -0.1) is 0 Å². The predicted octanol–water partition coefficient (Wildman–Crippen LogP) is 0.331. The molecule has 1 saturated heterocycles. The van der Waals surface area contributed by atoms with Gasteiger partial charge in [0.15, 0.2) is 0 Å². The van der Waals surface area contributed by atoms with Gasteiger partial charge in [-0.25, -0.2) is 0 Å². The van der Waals surface area contributed by atoms with Crippen LogP contribution in [0.25, 0.3) is 0 Å². The summed E-state index contributed by atoms with van der Waals surface area (Å²) < 4.78 is 5.47. The van der Waals surface area contributed by atoms with Crippen molar-refractivity contribution in [3.8, 4) is 5.75 Å². The van der Waals surface area contributed by atoms with Crippen LogP contribution in [0.4, 0.5) is 0 Å². The monoisotopic (exact) mass is 276 g/mol. The van der Waals surface area contributed by atoms with Gasteiger partial charge in [0.2, 0.25) is 17.7 Å². The van der Waals surface area contributed by atoms with Crippen LogP contribution in [0.3, 0.4) is 0 Å². The van der Waals surface area contributed by atoms with Crippen LogP contribution < -0.4 is 10.1 Å². The molecule has 1 aromatic rings. The lowest BCUT2D eigenvalue weighted by Crippen LogP contribution is -2.53. The summed E-state index contributed by atoms with van der Waals surface area (Å²) in [6.07, 6.45) is 0.799. The molecule has 2 rings (SSSR count). The molecule has 0 spiro atoms. The minimum Gasteiger partial charge on any atom is -0.494 e. The number of imide groups is 1. The third-order valence-electron chi connectivity index (χ3n) is 2.85. The Balaban J connectivity index is 1.70. The molecule has 1 aliphatic heterocycles. The van der Waals surface area contributed by atoms with Gasteiger partial charge in [-0.3, -0.25) is 19.7 Å². The van der Waals surface area contributed by atoms with E-state index in [0.29, 0.717) is 13.0 Å². The molecule has 0 saturated carbocycles. The first kappa shape index (κ1) is 14.0. The molecule has 0 radical (unpaired) electrons. The van der Waals surface area contributed by atoms with Gasteiger partial charge in [0, 0.05) is 6.42 Å². The van der Waals surface area contributed by atoms with E-state index in [1.54, 1.807) is 0 Å². The molecule has 1 heterocycles. The number of piperazine rings is 1. The highest BCUT2D eigenvalue weighted by atomic mass is 16.5. The Bertz CT molecular complexity index is 485. The third kappa shape index (κ3) is 4.08. The van der Waals surface area contributed by atoms with Crippen molar-refractivity contribution in [2.45, 2.75) is 12.8 Å². The Hall–Kier alpha value is -2.37. The van der Waals surface area contributed by atoms with Crippen LogP contribution in [0.1, 0.15) is 12.8 Å². The lowest BCUT2D eigenvalue weighted by atomic mass is 10.2. The van der Waals surface area contributed by atoms with E-state index >= 15 is 0 Å². The van der Waals surface area contributed by atoms with E-state index in [4.69, 9.17) is 4.74 Å². The average molecular weight is 276 g/mol. The van der Waals surface area contributed by atoms with Gasteiger partial charge < -0.3 is 9.64 Å². The summed E-state index contributed by atoms with van der Waals surface area (Å²) >= 11 is 0. The number of hydrogen-bond donors (Lipinski definition) is 1. The van der Waals surface area contributed by atoms with E-state index in [0.717, 1.165) is 5.75 Å². The van der Waals surface area contributed by atoms with Crippen molar-refractivity contribution in [3.05, 3.63) is 30.3 Å². The first-order chi connectivity index (χ1) is 9.65. The summed E-state index contributed by atoms with van der Waals surface area (Å²) in [6.45, 7) is 0.317. The molecule has 106 valence electrons. The van der Waals surface area contributed by atoms with E-state index in [9.17, 15) is 14.4 Å². The molecule has 0 unspecified atom stereocenters. The summed E-state index contributed by atoms with van der Waals surface area (Å²) in [6, 6.07) is 9.33. The summed E-state index contributed by atoms with van der Waals surface area (Å²) in [4.78, 5) is 35.4. The van der Waals surface area contributed by atoms with Gasteiger partial charge >= 0.3 is 0 Å². The molecule has 0 aromatic heterocycles. The van der Waals surface area contributed by atoms with Crippen molar-refractivity contribution in [3.63, 3.8) is 0 Å². The number of hydrogen-bond acceptors (Lipinski definition) is 4. The Kier molecular flexibility index (Phi) is 4.70. The molecule has 1 N–H and O–H groups in total. The smallest absolute Gasteiger partial charge is 0.246 e. The summed E-state index contributed by atoms with van der Waals surface area (Å²) in [5.41, 5.74) is 0. The van der Waals surface area contributed by atoms with E-state index in [2.05, 4.69) is 5.32 Å². The molecule has 1 fully saturated rings. The number of benzene rings is 1. The number of carbonyl (C=O) groups is 3. The molecule has 6 heteroatoms. The molecule has 0 aliphatic carbocycles. The fraction of sp³-hybridized carbons (Fsp3) is 0.357. The van der Waals surface area contributed by atoms with Crippen molar-refractivity contribution in [2.24, 2.45) is 0 Å². The fourth-order valence-electron chi connectivity index (χ4n) is 1.90. The van der Waals surface area contributed by atoms with E-state index in [-0.39, 0.29) is 25.4 Å². The van der Waals surface area contributed by atoms with Crippen LogP contribution >= 0.6 is 0 Å². The minimum atomic E-state index is -0.435. The zero-order chi connectivity index (χ0) is 14.4. The molecular formula is C14H16N2O4. The Morgan fingerprint density at radius 2 is 1.80 bits per heavy atom. The number of ether oxygens (including phenoxy) is 1. The maximum atomic E-state index is 11.8. The Morgan fingerprint density at radius 3 is 2.45 bits per heavy atom. The second-order valence-electron chi connectivity index (χ2n) is 4.49. The van der Waals surface area contributed by atoms with E-state index < -0.39 is 11.8 Å². The van der Waals surface area contributed by atoms with Gasteiger partial charge in [-0.05, 0) is 18.6 Å². The van der Waals surface area contributed by atoms with Crippen molar-refractivity contribution in [2.75, 3.05) is 19.7 Å². The predicted molar refractivity (Wildman–Crippen MR) is 70.9 cm³/mol. The number of amides is 3. The topological polar surface area (TPSA) is 75.7 Å². The van der Waals surface area contributed by atoms with Crippen LogP contribution in [-0.2, 0) is 14.4 Å². The van der Waals surface area contributed by atoms with Crippen LogP contribution in [0, 0.1) is 0 Å². The maximum absolute atomic E-state index is 11.8. The summed E-state index contributed by atoms with van der Waals surface area (Å²) in [7, 11) is 0. The number of para-hydroxylation sites is 1. The molecule has 20 heavy (non-hydrogen) atoms. The highest BCUT2D eigenvalue weighted by Gasteiger charge is 2.25. The fourth-order valence-corrected chi connectivity index (χ4v) is 1.90. The molecule has 0 bridgehead atoms.